The number of anilines is 1. The molecular weight excluding hydrogens is 390 g/mol. The van der Waals surface area contributed by atoms with Crippen LogP contribution in [-0.2, 0) is 11.0 Å². The summed E-state index contributed by atoms with van der Waals surface area (Å²) in [5, 5.41) is 7.55. The van der Waals surface area contributed by atoms with Crippen LogP contribution in [-0.4, -0.2) is 25.9 Å². The van der Waals surface area contributed by atoms with Gasteiger partial charge in [0.05, 0.1) is 11.2 Å². The van der Waals surface area contributed by atoms with Gasteiger partial charge in [-0.3, -0.25) is 0 Å². The van der Waals surface area contributed by atoms with Crippen molar-refractivity contribution in [2.24, 2.45) is 0 Å². The van der Waals surface area contributed by atoms with E-state index in [4.69, 9.17) is 0 Å². The van der Waals surface area contributed by atoms with Crippen LogP contribution in [0.1, 0.15) is 44.9 Å². The molecule has 0 spiro atoms. The maximum atomic E-state index is 14.2. The Morgan fingerprint density at radius 1 is 1.14 bits per heavy atom. The third kappa shape index (κ3) is 3.83. The van der Waals surface area contributed by atoms with Gasteiger partial charge >= 0.3 is 6.36 Å². The van der Waals surface area contributed by atoms with E-state index in [1.807, 2.05) is 26.8 Å². The Bertz CT molecular complexity index is 1070. The average molecular weight is 409 g/mol. The first-order chi connectivity index (χ1) is 13.5. The van der Waals surface area contributed by atoms with Crippen molar-refractivity contribution in [3.63, 3.8) is 0 Å². The van der Waals surface area contributed by atoms with E-state index in [-0.39, 0.29) is 5.41 Å². The van der Waals surface area contributed by atoms with Crippen LogP contribution < -0.4 is 10.1 Å². The third-order valence-electron chi connectivity index (χ3n) is 4.85. The molecule has 1 N–H and O–H groups in total. The van der Waals surface area contributed by atoms with E-state index in [1.165, 1.54) is 12.4 Å². The highest BCUT2D eigenvalue weighted by molar-refractivity contribution is 5.52. The highest BCUT2D eigenvalue weighted by Gasteiger charge is 2.45. The van der Waals surface area contributed by atoms with Gasteiger partial charge in [0.1, 0.15) is 12.1 Å². The zero-order valence-electron chi connectivity index (χ0n) is 16.0. The number of fused-ring (bicyclic) bond motifs is 1. The van der Waals surface area contributed by atoms with Gasteiger partial charge in [-0.1, -0.05) is 26.8 Å². The van der Waals surface area contributed by atoms with Crippen molar-refractivity contribution in [2.45, 2.75) is 50.9 Å². The first-order valence-electron chi connectivity index (χ1n) is 9.02. The second-order valence-electron chi connectivity index (χ2n) is 8.15. The maximum absolute atomic E-state index is 14.2. The summed E-state index contributed by atoms with van der Waals surface area (Å²) in [6.07, 6.45) is -2.18. The van der Waals surface area contributed by atoms with Crippen LogP contribution in [0.15, 0.2) is 30.6 Å². The predicted octanol–water partition coefficient (Wildman–Crippen LogP) is 4.56. The molecule has 10 heteroatoms. The highest BCUT2D eigenvalue weighted by Crippen LogP contribution is 2.49. The molecule has 154 valence electrons. The average Bonchev–Trinajstić information content (AvgIpc) is 3.21. The molecule has 0 bridgehead atoms. The normalized spacial score (nSPS) is 16.1. The van der Waals surface area contributed by atoms with Crippen LogP contribution >= 0.6 is 0 Å². The smallest absolute Gasteiger partial charge is 0.403 e. The minimum absolute atomic E-state index is 0.233. The second kappa shape index (κ2) is 6.30. The summed E-state index contributed by atoms with van der Waals surface area (Å²) < 4.78 is 56.6. The number of ether oxygens (including phenoxy) is 1. The molecule has 1 aromatic carbocycles. The van der Waals surface area contributed by atoms with E-state index < -0.39 is 23.5 Å². The van der Waals surface area contributed by atoms with Crippen LogP contribution in [0.4, 0.5) is 23.4 Å². The first-order valence-corrected chi connectivity index (χ1v) is 9.02. The van der Waals surface area contributed by atoms with E-state index in [0.717, 1.165) is 17.8 Å². The van der Waals surface area contributed by atoms with Crippen molar-refractivity contribution in [1.29, 1.82) is 0 Å². The molecule has 0 atom stereocenters. The van der Waals surface area contributed by atoms with Crippen LogP contribution in [0.2, 0.25) is 0 Å². The van der Waals surface area contributed by atoms with Gasteiger partial charge in [-0.25, -0.2) is 9.37 Å². The molecule has 1 fully saturated rings. The zero-order chi connectivity index (χ0) is 21.0. The van der Waals surface area contributed by atoms with Crippen molar-refractivity contribution in [2.75, 3.05) is 5.32 Å². The monoisotopic (exact) mass is 409 g/mol. The lowest BCUT2D eigenvalue weighted by Gasteiger charge is -2.23. The molecule has 0 unspecified atom stereocenters. The van der Waals surface area contributed by atoms with Crippen molar-refractivity contribution in [1.82, 2.24) is 19.6 Å². The minimum Gasteiger partial charge on any atom is -0.403 e. The van der Waals surface area contributed by atoms with Crippen molar-refractivity contribution < 1.29 is 22.3 Å². The fourth-order valence-electron chi connectivity index (χ4n) is 3.15. The number of alkyl halides is 3. The Labute approximate surface area is 163 Å². The largest absolute Gasteiger partial charge is 0.573 e. The topological polar surface area (TPSA) is 64.3 Å². The molecule has 3 aromatic rings. The Morgan fingerprint density at radius 3 is 2.45 bits per heavy atom. The quantitative estimate of drug-likeness (QED) is 0.640. The molecule has 1 saturated carbocycles. The predicted molar refractivity (Wildman–Crippen MR) is 97.1 cm³/mol. The molecule has 0 amide bonds. The van der Waals surface area contributed by atoms with Crippen LogP contribution in [0.25, 0.3) is 5.78 Å². The highest BCUT2D eigenvalue weighted by atomic mass is 19.4. The summed E-state index contributed by atoms with van der Waals surface area (Å²) in [6, 6.07) is 5.37. The zero-order valence-corrected chi connectivity index (χ0v) is 16.0. The maximum Gasteiger partial charge on any atom is 0.573 e. The summed E-state index contributed by atoms with van der Waals surface area (Å²) in [6.45, 7) is 6.06. The molecule has 1 aliphatic carbocycles. The Kier molecular flexibility index (Phi) is 4.21. The Balaban J connectivity index is 1.68. The molecule has 4 rings (SSSR count). The lowest BCUT2D eigenvalue weighted by atomic mass is 9.92. The van der Waals surface area contributed by atoms with Gasteiger partial charge in [0.25, 0.3) is 5.78 Å². The van der Waals surface area contributed by atoms with E-state index >= 15 is 0 Å². The van der Waals surface area contributed by atoms with Gasteiger partial charge in [-0.05, 0) is 30.5 Å². The van der Waals surface area contributed by atoms with Gasteiger partial charge < -0.3 is 10.1 Å². The fourth-order valence-corrected chi connectivity index (χ4v) is 3.15. The van der Waals surface area contributed by atoms with Gasteiger partial charge in [-0.2, -0.15) is 14.6 Å². The summed E-state index contributed by atoms with van der Waals surface area (Å²) in [7, 11) is 0. The SMILES string of the molecule is CC(C)(C)c1cc(NC2(c3ccc(OC(F)(F)F)c(F)c3)CC2)n2ncnc2n1. The number of nitrogens with zero attached hydrogens (tertiary/aromatic N) is 4. The number of hydrogen-bond donors (Lipinski definition) is 1. The van der Waals surface area contributed by atoms with Crippen molar-refractivity contribution in [3.8, 4) is 5.75 Å². The number of hydrogen-bond acceptors (Lipinski definition) is 5. The fraction of sp³-hybridized carbons (Fsp3) is 0.421. The number of rotatable bonds is 4. The summed E-state index contributed by atoms with van der Waals surface area (Å²) >= 11 is 0. The van der Waals surface area contributed by atoms with E-state index in [9.17, 15) is 17.6 Å². The summed E-state index contributed by atoms with van der Waals surface area (Å²) in [5.74, 6) is -0.861. The minimum atomic E-state index is -4.95. The number of halogens is 4. The summed E-state index contributed by atoms with van der Waals surface area (Å²) in [4.78, 5) is 8.67. The molecule has 29 heavy (non-hydrogen) atoms. The molecule has 0 radical (unpaired) electrons. The first kappa shape index (κ1) is 19.4. The number of nitrogens with one attached hydrogen (secondary N) is 1. The van der Waals surface area contributed by atoms with E-state index in [1.54, 1.807) is 4.52 Å². The molecular formula is C19H19F4N5O. The standard InChI is InChI=1S/C19H19F4N5O/c1-17(2,3)14-9-15(28-16(26-14)24-10-25-28)27-18(6-7-18)11-4-5-13(12(20)8-11)29-19(21,22)23/h4-5,8-10,27H,6-7H2,1-3H3. The molecule has 6 nitrogen and oxygen atoms in total. The van der Waals surface area contributed by atoms with Crippen molar-refractivity contribution in [3.05, 3.63) is 47.7 Å². The van der Waals surface area contributed by atoms with Crippen LogP contribution in [0.5, 0.6) is 5.75 Å². The molecule has 2 heterocycles. The van der Waals surface area contributed by atoms with Gasteiger partial charge in [-0.15, -0.1) is 13.2 Å². The molecule has 2 aromatic heterocycles. The second-order valence-corrected chi connectivity index (χ2v) is 8.15. The Hall–Kier alpha value is -2.91. The lowest BCUT2D eigenvalue weighted by molar-refractivity contribution is -0.275. The van der Waals surface area contributed by atoms with E-state index in [2.05, 4.69) is 25.1 Å². The van der Waals surface area contributed by atoms with Gasteiger partial charge in [0.15, 0.2) is 11.6 Å². The van der Waals surface area contributed by atoms with Crippen molar-refractivity contribution >= 4 is 11.6 Å². The summed E-state index contributed by atoms with van der Waals surface area (Å²) in [5.41, 5.74) is 0.500. The third-order valence-corrected chi connectivity index (χ3v) is 4.85. The lowest BCUT2D eigenvalue weighted by Crippen LogP contribution is -2.23. The molecule has 0 saturated heterocycles. The van der Waals surface area contributed by atoms with Crippen LogP contribution in [0, 0.1) is 5.82 Å². The van der Waals surface area contributed by atoms with E-state index in [0.29, 0.717) is 30.0 Å². The molecule has 0 aliphatic heterocycles. The molecule has 1 aliphatic rings. The van der Waals surface area contributed by atoms with Gasteiger partial charge in [0, 0.05) is 11.5 Å². The number of aromatic nitrogens is 4. The van der Waals surface area contributed by atoms with Crippen LogP contribution in [0.3, 0.4) is 0 Å². The van der Waals surface area contributed by atoms with Gasteiger partial charge in [0.2, 0.25) is 0 Å². The number of benzene rings is 1. The Morgan fingerprint density at radius 2 is 1.86 bits per heavy atom.